The molecule has 0 amide bonds. The van der Waals surface area contributed by atoms with E-state index in [4.69, 9.17) is 0 Å². The fourth-order valence-corrected chi connectivity index (χ4v) is 1.27. The maximum atomic E-state index is 9.87. The summed E-state index contributed by atoms with van der Waals surface area (Å²) in [5.74, 6) is 0. The zero-order chi connectivity index (χ0) is 9.61. The van der Waals surface area contributed by atoms with E-state index in [0.717, 1.165) is 6.42 Å². The van der Waals surface area contributed by atoms with Crippen LogP contribution < -0.4 is 0 Å². The minimum atomic E-state index is -1.13. The van der Waals surface area contributed by atoms with Crippen molar-refractivity contribution in [3.63, 3.8) is 0 Å². The third-order valence-electron chi connectivity index (χ3n) is 1.97. The average molecular weight is 170 g/mol. The zero-order valence-electron chi connectivity index (χ0n) is 7.88. The summed E-state index contributed by atoms with van der Waals surface area (Å²) >= 11 is 0. The van der Waals surface area contributed by atoms with E-state index in [1.807, 2.05) is 13.8 Å². The molecule has 0 bridgehead atoms. The SMILES string of the molecule is C=C=CC(O)(CCC)C(O)CC. The van der Waals surface area contributed by atoms with Gasteiger partial charge in [-0.05, 0) is 18.9 Å². The first-order valence-electron chi connectivity index (χ1n) is 4.38. The summed E-state index contributed by atoms with van der Waals surface area (Å²) in [6.07, 6.45) is 2.64. The second kappa shape index (κ2) is 5.15. The maximum Gasteiger partial charge on any atom is 0.116 e. The van der Waals surface area contributed by atoms with Crippen LogP contribution in [-0.4, -0.2) is 21.9 Å². The number of aliphatic hydroxyl groups excluding tert-OH is 1. The van der Waals surface area contributed by atoms with E-state index in [1.54, 1.807) is 0 Å². The van der Waals surface area contributed by atoms with E-state index < -0.39 is 11.7 Å². The van der Waals surface area contributed by atoms with Crippen LogP contribution in [0.15, 0.2) is 18.4 Å². The molecule has 0 aliphatic heterocycles. The van der Waals surface area contributed by atoms with Gasteiger partial charge in [0.1, 0.15) is 5.60 Å². The topological polar surface area (TPSA) is 40.5 Å². The van der Waals surface area contributed by atoms with Gasteiger partial charge in [0, 0.05) is 0 Å². The Bertz CT molecular complexity index is 171. The molecule has 0 aliphatic carbocycles. The van der Waals surface area contributed by atoms with Crippen LogP contribution in [0, 0.1) is 0 Å². The number of rotatable bonds is 5. The first-order valence-corrected chi connectivity index (χ1v) is 4.38. The van der Waals surface area contributed by atoms with Gasteiger partial charge in [0.25, 0.3) is 0 Å². The van der Waals surface area contributed by atoms with Crippen LogP contribution in [0.5, 0.6) is 0 Å². The minimum absolute atomic E-state index is 0.536. The zero-order valence-corrected chi connectivity index (χ0v) is 7.88. The van der Waals surface area contributed by atoms with Gasteiger partial charge in [0.15, 0.2) is 0 Å². The van der Waals surface area contributed by atoms with Crippen molar-refractivity contribution in [1.82, 2.24) is 0 Å². The van der Waals surface area contributed by atoms with Crippen LogP contribution in [0.25, 0.3) is 0 Å². The van der Waals surface area contributed by atoms with Crippen molar-refractivity contribution < 1.29 is 10.2 Å². The summed E-state index contributed by atoms with van der Waals surface area (Å²) in [4.78, 5) is 0. The molecule has 2 N–H and O–H groups in total. The quantitative estimate of drug-likeness (QED) is 0.616. The lowest BCUT2D eigenvalue weighted by Crippen LogP contribution is -2.39. The standard InChI is InChI=1S/C10H18O2/c1-4-7-10(12,8-5-2)9(11)6-3/h7,9,11-12H,1,5-6,8H2,2-3H3. The van der Waals surface area contributed by atoms with Crippen LogP contribution >= 0.6 is 0 Å². The van der Waals surface area contributed by atoms with E-state index in [-0.39, 0.29) is 0 Å². The fraction of sp³-hybridized carbons (Fsp3) is 0.700. The third-order valence-corrected chi connectivity index (χ3v) is 1.97. The number of hydrogen-bond donors (Lipinski definition) is 2. The van der Waals surface area contributed by atoms with E-state index in [2.05, 4.69) is 12.3 Å². The number of hydrogen-bond acceptors (Lipinski definition) is 2. The predicted molar refractivity (Wildman–Crippen MR) is 49.9 cm³/mol. The summed E-state index contributed by atoms with van der Waals surface area (Å²) in [7, 11) is 0. The summed E-state index contributed by atoms with van der Waals surface area (Å²) in [6, 6.07) is 0. The molecular weight excluding hydrogens is 152 g/mol. The van der Waals surface area contributed by atoms with Gasteiger partial charge in [0.05, 0.1) is 6.10 Å². The van der Waals surface area contributed by atoms with Gasteiger partial charge in [-0.15, -0.1) is 5.73 Å². The molecule has 0 spiro atoms. The molecule has 0 aromatic carbocycles. The van der Waals surface area contributed by atoms with Gasteiger partial charge < -0.3 is 10.2 Å². The normalized spacial score (nSPS) is 17.7. The summed E-state index contributed by atoms with van der Waals surface area (Å²) in [6.45, 7) is 7.19. The third kappa shape index (κ3) is 2.82. The summed E-state index contributed by atoms with van der Waals surface area (Å²) in [5, 5.41) is 19.4. The van der Waals surface area contributed by atoms with Crippen LogP contribution in [-0.2, 0) is 0 Å². The van der Waals surface area contributed by atoms with Crippen molar-refractivity contribution in [3.8, 4) is 0 Å². The Kier molecular flexibility index (Phi) is 4.91. The van der Waals surface area contributed by atoms with E-state index in [1.165, 1.54) is 6.08 Å². The van der Waals surface area contributed by atoms with Crippen LogP contribution in [0.2, 0.25) is 0 Å². The van der Waals surface area contributed by atoms with E-state index in [0.29, 0.717) is 12.8 Å². The molecule has 0 radical (unpaired) electrons. The molecule has 0 heterocycles. The smallest absolute Gasteiger partial charge is 0.116 e. The lowest BCUT2D eigenvalue weighted by atomic mass is 9.90. The van der Waals surface area contributed by atoms with Crippen LogP contribution in [0.3, 0.4) is 0 Å². The predicted octanol–water partition coefficient (Wildman–Crippen LogP) is 1.63. The molecule has 0 aromatic heterocycles. The molecule has 2 atom stereocenters. The first-order chi connectivity index (χ1) is 5.60. The van der Waals surface area contributed by atoms with Gasteiger partial charge in [-0.3, -0.25) is 0 Å². The van der Waals surface area contributed by atoms with Crippen molar-refractivity contribution >= 4 is 0 Å². The van der Waals surface area contributed by atoms with Gasteiger partial charge in [-0.2, -0.15) is 0 Å². The molecule has 0 saturated carbocycles. The lowest BCUT2D eigenvalue weighted by molar-refractivity contribution is -0.0462. The van der Waals surface area contributed by atoms with E-state index in [9.17, 15) is 10.2 Å². The van der Waals surface area contributed by atoms with Crippen molar-refractivity contribution in [2.75, 3.05) is 0 Å². The van der Waals surface area contributed by atoms with E-state index >= 15 is 0 Å². The fourth-order valence-electron chi connectivity index (χ4n) is 1.27. The van der Waals surface area contributed by atoms with Crippen molar-refractivity contribution in [2.24, 2.45) is 0 Å². The summed E-state index contributed by atoms with van der Waals surface area (Å²) in [5.41, 5.74) is 1.39. The van der Waals surface area contributed by atoms with Crippen molar-refractivity contribution in [1.29, 1.82) is 0 Å². The molecule has 2 nitrogen and oxygen atoms in total. The highest BCUT2D eigenvalue weighted by atomic mass is 16.3. The van der Waals surface area contributed by atoms with Gasteiger partial charge >= 0.3 is 0 Å². The van der Waals surface area contributed by atoms with Gasteiger partial charge in [0.2, 0.25) is 0 Å². The van der Waals surface area contributed by atoms with Crippen LogP contribution in [0.4, 0.5) is 0 Å². The largest absolute Gasteiger partial charge is 0.390 e. The van der Waals surface area contributed by atoms with Crippen LogP contribution in [0.1, 0.15) is 33.1 Å². The molecule has 12 heavy (non-hydrogen) atoms. The monoisotopic (exact) mass is 170 g/mol. The molecule has 70 valence electrons. The molecular formula is C10H18O2. The highest BCUT2D eigenvalue weighted by Crippen LogP contribution is 2.21. The molecule has 2 heteroatoms. The Morgan fingerprint density at radius 3 is 2.50 bits per heavy atom. The Hall–Kier alpha value is -0.560. The minimum Gasteiger partial charge on any atom is -0.390 e. The van der Waals surface area contributed by atoms with Gasteiger partial charge in [-0.25, -0.2) is 0 Å². The molecule has 0 rings (SSSR count). The Morgan fingerprint density at radius 1 is 1.58 bits per heavy atom. The second-order valence-electron chi connectivity index (χ2n) is 3.01. The summed E-state index contributed by atoms with van der Waals surface area (Å²) < 4.78 is 0. The highest BCUT2D eigenvalue weighted by molar-refractivity contribution is 5.02. The van der Waals surface area contributed by atoms with Crippen molar-refractivity contribution in [3.05, 3.63) is 18.4 Å². The Morgan fingerprint density at radius 2 is 2.17 bits per heavy atom. The first kappa shape index (κ1) is 11.4. The highest BCUT2D eigenvalue weighted by Gasteiger charge is 2.30. The lowest BCUT2D eigenvalue weighted by Gasteiger charge is -2.28. The molecule has 0 aliphatic rings. The van der Waals surface area contributed by atoms with Crippen molar-refractivity contribution in [2.45, 2.75) is 44.8 Å². The molecule has 2 unspecified atom stereocenters. The average Bonchev–Trinajstić information content (AvgIpc) is 2.04. The Balaban J connectivity index is 4.47. The van der Waals surface area contributed by atoms with Gasteiger partial charge in [-0.1, -0.05) is 26.8 Å². The maximum absolute atomic E-state index is 9.87. The second-order valence-corrected chi connectivity index (χ2v) is 3.01. The molecule has 0 saturated heterocycles. The molecule has 0 fully saturated rings. The Labute approximate surface area is 74.2 Å². The molecule has 0 aromatic rings. The number of aliphatic hydroxyl groups is 2.